The van der Waals surface area contributed by atoms with E-state index < -0.39 is 0 Å². The zero-order chi connectivity index (χ0) is 37.5. The molecule has 0 amide bonds. The zero-order valence-corrected chi connectivity index (χ0v) is 31.0. The molecule has 0 aliphatic carbocycles. The highest BCUT2D eigenvalue weighted by atomic mass is 15.1. The molecule has 0 radical (unpaired) electrons. The van der Waals surface area contributed by atoms with Crippen molar-refractivity contribution in [3.05, 3.63) is 242 Å². The van der Waals surface area contributed by atoms with E-state index in [9.17, 15) is 0 Å². The van der Waals surface area contributed by atoms with Gasteiger partial charge in [0, 0.05) is 33.8 Å². The SMILES string of the molecule is C(=C\c1ccc(N(c2ccccc2)c2ccccc2)cc1)/c1ccc(-c2ccc(N(c3ccc(-c4ccccc4)cc3)c3cccc4ccccc34)cc2)cc1. The minimum Gasteiger partial charge on any atom is -0.311 e. The molecule has 0 N–H and O–H groups in total. The highest BCUT2D eigenvalue weighted by molar-refractivity contribution is 5.99. The maximum atomic E-state index is 2.36. The fourth-order valence-electron chi connectivity index (χ4n) is 7.38. The number of rotatable bonds is 10. The lowest BCUT2D eigenvalue weighted by Gasteiger charge is -2.27. The molecule has 0 bridgehead atoms. The molecule has 9 aromatic carbocycles. The van der Waals surface area contributed by atoms with Crippen LogP contribution >= 0.6 is 0 Å². The van der Waals surface area contributed by atoms with Crippen LogP contribution in [-0.2, 0) is 0 Å². The average Bonchev–Trinajstić information content (AvgIpc) is 3.28. The molecule has 0 aromatic heterocycles. The van der Waals surface area contributed by atoms with Gasteiger partial charge in [-0.1, -0.05) is 176 Å². The molecule has 0 saturated heterocycles. The Hall–Kier alpha value is -7.42. The third kappa shape index (κ3) is 7.37. The maximum Gasteiger partial charge on any atom is 0.0540 e. The van der Waals surface area contributed by atoms with Gasteiger partial charge in [-0.25, -0.2) is 0 Å². The molecule has 0 saturated carbocycles. The summed E-state index contributed by atoms with van der Waals surface area (Å²) in [5.41, 5.74) is 13.9. The van der Waals surface area contributed by atoms with Gasteiger partial charge in [0.15, 0.2) is 0 Å². The zero-order valence-electron chi connectivity index (χ0n) is 31.0. The van der Waals surface area contributed by atoms with E-state index in [1.807, 2.05) is 0 Å². The van der Waals surface area contributed by atoms with Crippen LogP contribution in [0.5, 0.6) is 0 Å². The predicted octanol–water partition coefficient (Wildman–Crippen LogP) is 15.3. The van der Waals surface area contributed by atoms with Gasteiger partial charge in [-0.15, -0.1) is 0 Å². The van der Waals surface area contributed by atoms with Crippen LogP contribution in [-0.4, -0.2) is 0 Å². The molecule has 9 aromatic rings. The number of fused-ring (bicyclic) bond motifs is 1. The number of hydrogen-bond donors (Lipinski definition) is 0. The number of hydrogen-bond acceptors (Lipinski definition) is 2. The number of nitrogens with zero attached hydrogens (tertiary/aromatic N) is 2. The third-order valence-corrected chi connectivity index (χ3v) is 10.3. The first-order valence-electron chi connectivity index (χ1n) is 19.1. The van der Waals surface area contributed by atoms with Crippen molar-refractivity contribution in [2.24, 2.45) is 0 Å². The first-order valence-corrected chi connectivity index (χ1v) is 19.1. The van der Waals surface area contributed by atoms with Crippen LogP contribution in [0.2, 0.25) is 0 Å². The van der Waals surface area contributed by atoms with Crippen molar-refractivity contribution in [1.29, 1.82) is 0 Å². The van der Waals surface area contributed by atoms with Crippen LogP contribution in [0.1, 0.15) is 11.1 Å². The first kappa shape index (κ1) is 34.4. The van der Waals surface area contributed by atoms with Crippen molar-refractivity contribution in [3.63, 3.8) is 0 Å². The summed E-state index contributed by atoms with van der Waals surface area (Å²) in [7, 11) is 0. The Labute approximate surface area is 329 Å². The van der Waals surface area contributed by atoms with Crippen molar-refractivity contribution in [2.75, 3.05) is 9.80 Å². The van der Waals surface area contributed by atoms with Crippen molar-refractivity contribution < 1.29 is 0 Å². The highest BCUT2D eigenvalue weighted by Gasteiger charge is 2.16. The van der Waals surface area contributed by atoms with E-state index >= 15 is 0 Å². The minimum atomic E-state index is 1.11. The monoisotopic (exact) mass is 716 g/mol. The third-order valence-electron chi connectivity index (χ3n) is 10.3. The molecule has 0 atom stereocenters. The topological polar surface area (TPSA) is 6.48 Å². The standard InChI is InChI=1S/C54H40N2/c1-4-13-43(14-5-1)45-31-37-51(38-32-45)56(54-22-12-16-47-15-10-11-21-53(47)54)52-39-33-46(34-40-52)44-29-25-41(26-30-44)23-24-42-27-35-50(36-28-42)55(48-17-6-2-7-18-48)49-19-8-3-9-20-49/h1-40H/b24-23+. The molecule has 9 rings (SSSR count). The molecular weight excluding hydrogens is 677 g/mol. The summed E-state index contributed by atoms with van der Waals surface area (Å²) in [4.78, 5) is 4.64. The molecule has 0 unspecified atom stereocenters. The lowest BCUT2D eigenvalue weighted by molar-refractivity contribution is 1.28. The molecule has 2 heteroatoms. The molecule has 0 fully saturated rings. The van der Waals surface area contributed by atoms with Crippen LogP contribution in [0.25, 0.3) is 45.2 Å². The molecule has 0 aliphatic heterocycles. The van der Waals surface area contributed by atoms with Crippen LogP contribution in [0, 0.1) is 0 Å². The van der Waals surface area contributed by atoms with Crippen molar-refractivity contribution in [3.8, 4) is 22.3 Å². The summed E-state index contributed by atoms with van der Waals surface area (Å²) < 4.78 is 0. The van der Waals surface area contributed by atoms with Gasteiger partial charge < -0.3 is 9.80 Å². The summed E-state index contributed by atoms with van der Waals surface area (Å²) in [5, 5.41) is 2.43. The van der Waals surface area contributed by atoms with Crippen molar-refractivity contribution in [2.45, 2.75) is 0 Å². The van der Waals surface area contributed by atoms with Crippen LogP contribution in [0.4, 0.5) is 34.1 Å². The summed E-state index contributed by atoms with van der Waals surface area (Å²) in [5.74, 6) is 0. The van der Waals surface area contributed by atoms with Gasteiger partial charge in [-0.3, -0.25) is 0 Å². The van der Waals surface area contributed by atoms with Gasteiger partial charge in [0.1, 0.15) is 0 Å². The second-order valence-corrected chi connectivity index (χ2v) is 13.8. The molecule has 2 nitrogen and oxygen atoms in total. The second-order valence-electron chi connectivity index (χ2n) is 13.8. The number of benzene rings is 9. The molecule has 0 heterocycles. The number of para-hydroxylation sites is 2. The Balaban J connectivity index is 0.947. The molecular formula is C54H40N2. The Bertz CT molecular complexity index is 2640. The van der Waals surface area contributed by atoms with Crippen LogP contribution < -0.4 is 9.80 Å². The Kier molecular flexibility index (Phi) is 9.75. The second kappa shape index (κ2) is 15.9. The molecule has 56 heavy (non-hydrogen) atoms. The van der Waals surface area contributed by atoms with Gasteiger partial charge >= 0.3 is 0 Å². The quantitative estimate of drug-likeness (QED) is 0.130. The van der Waals surface area contributed by atoms with Gasteiger partial charge in [-0.05, 0) is 105 Å². The van der Waals surface area contributed by atoms with Gasteiger partial charge in [0.05, 0.1) is 5.69 Å². The van der Waals surface area contributed by atoms with Crippen molar-refractivity contribution in [1.82, 2.24) is 0 Å². The van der Waals surface area contributed by atoms with Crippen LogP contribution in [0.15, 0.2) is 231 Å². The van der Waals surface area contributed by atoms with E-state index in [1.54, 1.807) is 0 Å². The summed E-state index contributed by atoms with van der Waals surface area (Å²) in [6.07, 6.45) is 4.36. The van der Waals surface area contributed by atoms with E-state index in [0.717, 1.165) is 45.3 Å². The lowest BCUT2D eigenvalue weighted by atomic mass is 10.0. The van der Waals surface area contributed by atoms with Crippen molar-refractivity contribution >= 4 is 57.0 Å². The highest BCUT2D eigenvalue weighted by Crippen LogP contribution is 2.40. The smallest absolute Gasteiger partial charge is 0.0540 e. The van der Waals surface area contributed by atoms with E-state index in [1.165, 1.54) is 33.0 Å². The lowest BCUT2D eigenvalue weighted by Crippen LogP contribution is -2.10. The first-order chi connectivity index (χ1) is 27.8. The fourth-order valence-corrected chi connectivity index (χ4v) is 7.38. The number of anilines is 6. The minimum absolute atomic E-state index is 1.11. The summed E-state index contributed by atoms with van der Waals surface area (Å²) in [6, 6.07) is 82.0. The van der Waals surface area contributed by atoms with E-state index in [4.69, 9.17) is 0 Å². The van der Waals surface area contributed by atoms with E-state index in [-0.39, 0.29) is 0 Å². The molecule has 0 spiro atoms. The maximum absolute atomic E-state index is 2.36. The van der Waals surface area contributed by atoms with E-state index in [2.05, 4.69) is 252 Å². The average molecular weight is 717 g/mol. The summed E-state index contributed by atoms with van der Waals surface area (Å²) in [6.45, 7) is 0. The van der Waals surface area contributed by atoms with Gasteiger partial charge in [-0.2, -0.15) is 0 Å². The van der Waals surface area contributed by atoms with Crippen LogP contribution in [0.3, 0.4) is 0 Å². The normalized spacial score (nSPS) is 11.1. The predicted molar refractivity (Wildman–Crippen MR) is 240 cm³/mol. The largest absolute Gasteiger partial charge is 0.311 e. The van der Waals surface area contributed by atoms with E-state index in [0.29, 0.717) is 0 Å². The molecule has 266 valence electrons. The fraction of sp³-hybridized carbons (Fsp3) is 0. The Morgan fingerprint density at radius 3 is 1.14 bits per heavy atom. The Morgan fingerprint density at radius 2 is 0.607 bits per heavy atom. The molecule has 0 aliphatic rings. The van der Waals surface area contributed by atoms with Gasteiger partial charge in [0.25, 0.3) is 0 Å². The summed E-state index contributed by atoms with van der Waals surface area (Å²) >= 11 is 0. The Morgan fingerprint density at radius 1 is 0.250 bits per heavy atom. The van der Waals surface area contributed by atoms with Gasteiger partial charge in [0.2, 0.25) is 0 Å².